The average Bonchev–Trinajstić information content (AvgIpc) is 2.36. The first-order valence-corrected chi connectivity index (χ1v) is 6.70. The monoisotopic (exact) mass is 293 g/mol. The van der Waals surface area contributed by atoms with Crippen LogP contribution in [-0.2, 0) is 9.59 Å². The molecule has 0 radical (unpaired) electrons. The van der Waals surface area contributed by atoms with E-state index in [0.29, 0.717) is 13.1 Å². The molecule has 2 saturated heterocycles. The van der Waals surface area contributed by atoms with Crippen LogP contribution in [0.4, 0.5) is 13.2 Å². The second-order valence-corrected chi connectivity index (χ2v) is 5.42. The fourth-order valence-electron chi connectivity index (χ4n) is 2.72. The SMILES string of the molecule is N[C@@H]1CCCN(C(=O)[C@@H]2CC[C@H](C(F)(F)F)NC2=O)C1. The van der Waals surface area contributed by atoms with E-state index in [4.69, 9.17) is 5.73 Å². The zero-order valence-corrected chi connectivity index (χ0v) is 10.9. The largest absolute Gasteiger partial charge is 0.408 e. The Balaban J connectivity index is 1.97. The molecule has 0 aromatic carbocycles. The molecule has 20 heavy (non-hydrogen) atoms. The fourth-order valence-corrected chi connectivity index (χ4v) is 2.72. The number of nitrogens with two attached hydrogens (primary N) is 1. The van der Waals surface area contributed by atoms with Gasteiger partial charge in [-0.2, -0.15) is 13.2 Å². The molecule has 3 N–H and O–H groups in total. The van der Waals surface area contributed by atoms with Crippen molar-refractivity contribution in [2.75, 3.05) is 13.1 Å². The van der Waals surface area contributed by atoms with Gasteiger partial charge in [-0.1, -0.05) is 0 Å². The van der Waals surface area contributed by atoms with Crippen LogP contribution >= 0.6 is 0 Å². The summed E-state index contributed by atoms with van der Waals surface area (Å²) in [6.45, 7) is 0.879. The van der Waals surface area contributed by atoms with Crippen molar-refractivity contribution in [1.82, 2.24) is 10.2 Å². The third kappa shape index (κ3) is 3.23. The number of hydrogen-bond donors (Lipinski definition) is 2. The lowest BCUT2D eigenvalue weighted by atomic mass is 9.91. The van der Waals surface area contributed by atoms with E-state index in [1.807, 2.05) is 5.32 Å². The molecule has 0 unspecified atom stereocenters. The molecule has 2 fully saturated rings. The Kier molecular flexibility index (Phi) is 4.22. The number of nitrogens with one attached hydrogen (secondary N) is 1. The maximum absolute atomic E-state index is 12.5. The quantitative estimate of drug-likeness (QED) is 0.687. The number of halogens is 3. The molecule has 2 amide bonds. The fraction of sp³-hybridized carbons (Fsp3) is 0.833. The number of likely N-dealkylation sites (tertiary alicyclic amines) is 1. The van der Waals surface area contributed by atoms with Gasteiger partial charge in [0.1, 0.15) is 12.0 Å². The molecule has 0 aromatic heterocycles. The number of piperidine rings is 2. The second-order valence-electron chi connectivity index (χ2n) is 5.42. The molecule has 0 spiro atoms. The summed E-state index contributed by atoms with van der Waals surface area (Å²) in [4.78, 5) is 25.4. The van der Waals surface area contributed by atoms with Gasteiger partial charge in [-0.05, 0) is 25.7 Å². The van der Waals surface area contributed by atoms with Crippen LogP contribution in [-0.4, -0.2) is 48.1 Å². The number of rotatable bonds is 1. The molecule has 0 bridgehead atoms. The van der Waals surface area contributed by atoms with E-state index in [9.17, 15) is 22.8 Å². The molecule has 2 rings (SSSR count). The lowest BCUT2D eigenvalue weighted by Crippen LogP contribution is -2.56. The highest BCUT2D eigenvalue weighted by molar-refractivity contribution is 6.01. The highest BCUT2D eigenvalue weighted by atomic mass is 19.4. The molecule has 114 valence electrons. The molecule has 0 saturated carbocycles. The van der Waals surface area contributed by atoms with E-state index in [2.05, 4.69) is 0 Å². The third-order valence-corrected chi connectivity index (χ3v) is 3.84. The summed E-state index contributed by atoms with van der Waals surface area (Å²) < 4.78 is 37.6. The van der Waals surface area contributed by atoms with E-state index in [1.54, 1.807) is 0 Å². The molecular weight excluding hydrogens is 275 g/mol. The van der Waals surface area contributed by atoms with Crippen molar-refractivity contribution in [2.24, 2.45) is 11.7 Å². The van der Waals surface area contributed by atoms with Crippen LogP contribution in [0.3, 0.4) is 0 Å². The molecule has 0 aliphatic carbocycles. The Hall–Kier alpha value is -1.31. The van der Waals surface area contributed by atoms with Gasteiger partial charge in [0.25, 0.3) is 0 Å². The first-order chi connectivity index (χ1) is 9.29. The van der Waals surface area contributed by atoms with Gasteiger partial charge in [-0.3, -0.25) is 9.59 Å². The summed E-state index contributed by atoms with van der Waals surface area (Å²) in [5.41, 5.74) is 5.76. The van der Waals surface area contributed by atoms with Crippen LogP contribution in [0.2, 0.25) is 0 Å². The summed E-state index contributed by atoms with van der Waals surface area (Å²) in [6.07, 6.45) is -3.22. The normalized spacial score (nSPS) is 31.9. The Morgan fingerprint density at radius 3 is 2.55 bits per heavy atom. The topological polar surface area (TPSA) is 75.4 Å². The van der Waals surface area contributed by atoms with Gasteiger partial charge in [0, 0.05) is 19.1 Å². The summed E-state index contributed by atoms with van der Waals surface area (Å²) in [5, 5.41) is 1.89. The summed E-state index contributed by atoms with van der Waals surface area (Å²) in [7, 11) is 0. The van der Waals surface area contributed by atoms with Crippen molar-refractivity contribution in [3.05, 3.63) is 0 Å². The Bertz CT molecular complexity index is 400. The highest BCUT2D eigenvalue weighted by Gasteiger charge is 2.46. The lowest BCUT2D eigenvalue weighted by Gasteiger charge is -2.36. The molecule has 2 aliphatic heterocycles. The summed E-state index contributed by atoms with van der Waals surface area (Å²) >= 11 is 0. The second kappa shape index (κ2) is 5.59. The van der Waals surface area contributed by atoms with Crippen LogP contribution in [0.1, 0.15) is 25.7 Å². The van der Waals surface area contributed by atoms with Crippen LogP contribution in [0.15, 0.2) is 0 Å². The number of alkyl halides is 3. The molecule has 5 nitrogen and oxygen atoms in total. The minimum atomic E-state index is -4.46. The van der Waals surface area contributed by atoms with E-state index < -0.39 is 30.0 Å². The van der Waals surface area contributed by atoms with Crippen molar-refractivity contribution in [2.45, 2.75) is 43.9 Å². The molecule has 8 heteroatoms. The van der Waals surface area contributed by atoms with E-state index in [0.717, 1.165) is 12.8 Å². The number of amides is 2. The zero-order valence-electron chi connectivity index (χ0n) is 10.9. The zero-order chi connectivity index (χ0) is 14.9. The van der Waals surface area contributed by atoms with Gasteiger partial charge >= 0.3 is 6.18 Å². The Morgan fingerprint density at radius 2 is 2.00 bits per heavy atom. The Morgan fingerprint density at radius 1 is 1.30 bits per heavy atom. The van der Waals surface area contributed by atoms with Gasteiger partial charge in [-0.15, -0.1) is 0 Å². The number of carbonyl (C=O) groups is 2. The first kappa shape index (κ1) is 15.1. The van der Waals surface area contributed by atoms with Crippen LogP contribution in [0.5, 0.6) is 0 Å². The standard InChI is InChI=1S/C12H18F3N3O2/c13-12(14,15)9-4-3-8(10(19)17-9)11(20)18-5-1-2-7(16)6-18/h7-9H,1-6,16H2,(H,17,19)/t7-,8-,9-/m1/s1. The minimum absolute atomic E-state index is 0.0689. The Labute approximate surface area is 114 Å². The maximum atomic E-state index is 12.5. The van der Waals surface area contributed by atoms with E-state index >= 15 is 0 Å². The van der Waals surface area contributed by atoms with Crippen molar-refractivity contribution >= 4 is 11.8 Å². The predicted octanol–water partition coefficient (Wildman–Crippen LogP) is 0.393. The molecular formula is C12H18F3N3O2. The first-order valence-electron chi connectivity index (χ1n) is 6.70. The minimum Gasteiger partial charge on any atom is -0.344 e. The number of carbonyl (C=O) groups excluding carboxylic acids is 2. The predicted molar refractivity (Wildman–Crippen MR) is 64.5 cm³/mol. The van der Waals surface area contributed by atoms with Crippen molar-refractivity contribution in [3.8, 4) is 0 Å². The van der Waals surface area contributed by atoms with Gasteiger partial charge < -0.3 is 16.0 Å². The maximum Gasteiger partial charge on any atom is 0.408 e. The molecule has 2 heterocycles. The average molecular weight is 293 g/mol. The van der Waals surface area contributed by atoms with Gasteiger partial charge in [0.15, 0.2) is 0 Å². The van der Waals surface area contributed by atoms with Crippen molar-refractivity contribution in [1.29, 1.82) is 0 Å². The van der Waals surface area contributed by atoms with Crippen LogP contribution in [0, 0.1) is 5.92 Å². The van der Waals surface area contributed by atoms with Crippen LogP contribution in [0.25, 0.3) is 0 Å². The third-order valence-electron chi connectivity index (χ3n) is 3.84. The van der Waals surface area contributed by atoms with Gasteiger partial charge in [-0.25, -0.2) is 0 Å². The van der Waals surface area contributed by atoms with E-state index in [1.165, 1.54) is 4.90 Å². The summed E-state index contributed by atoms with van der Waals surface area (Å²) in [5.74, 6) is -2.25. The van der Waals surface area contributed by atoms with Crippen LogP contribution < -0.4 is 11.1 Å². The number of nitrogens with zero attached hydrogens (tertiary/aromatic N) is 1. The number of hydrogen-bond acceptors (Lipinski definition) is 3. The molecule has 3 atom stereocenters. The van der Waals surface area contributed by atoms with Crippen molar-refractivity contribution < 1.29 is 22.8 Å². The molecule has 0 aromatic rings. The van der Waals surface area contributed by atoms with Gasteiger partial charge in [0.2, 0.25) is 11.8 Å². The molecule has 2 aliphatic rings. The van der Waals surface area contributed by atoms with Crippen molar-refractivity contribution in [3.63, 3.8) is 0 Å². The lowest BCUT2D eigenvalue weighted by molar-refractivity contribution is -0.172. The van der Waals surface area contributed by atoms with Gasteiger partial charge in [0.05, 0.1) is 0 Å². The van der Waals surface area contributed by atoms with E-state index in [-0.39, 0.29) is 18.9 Å². The smallest absolute Gasteiger partial charge is 0.344 e. The highest BCUT2D eigenvalue weighted by Crippen LogP contribution is 2.29. The summed E-state index contributed by atoms with van der Waals surface area (Å²) in [6, 6.07) is -1.97.